The Hall–Kier alpha value is -3.51. The summed E-state index contributed by atoms with van der Waals surface area (Å²) in [5.41, 5.74) is 4.05. The number of benzene rings is 3. The van der Waals surface area contributed by atoms with Crippen molar-refractivity contribution >= 4 is 23.2 Å². The summed E-state index contributed by atoms with van der Waals surface area (Å²) in [6, 6.07) is 18.6. The molecular formula is C23H18ClFN4O. The Labute approximate surface area is 178 Å². The fourth-order valence-electron chi connectivity index (χ4n) is 3.02. The van der Waals surface area contributed by atoms with Gasteiger partial charge in [-0.05, 0) is 79.6 Å². The lowest BCUT2D eigenvalue weighted by atomic mass is 10.1. The molecule has 0 bridgehead atoms. The van der Waals surface area contributed by atoms with Crippen molar-refractivity contribution in [2.24, 2.45) is 0 Å². The van der Waals surface area contributed by atoms with Crippen molar-refractivity contribution in [1.29, 1.82) is 0 Å². The molecule has 1 aromatic heterocycles. The predicted octanol–water partition coefficient (Wildman–Crippen LogP) is 5.60. The Morgan fingerprint density at radius 3 is 2.40 bits per heavy atom. The molecule has 0 aliphatic carbocycles. The number of aryl methyl sites for hydroxylation is 1. The third kappa shape index (κ3) is 3.95. The van der Waals surface area contributed by atoms with Crippen molar-refractivity contribution in [2.45, 2.75) is 13.8 Å². The number of nitrogens with one attached hydrogen (secondary N) is 1. The number of carbonyl (C=O) groups excluding carboxylic acids is 1. The van der Waals surface area contributed by atoms with Crippen LogP contribution >= 0.6 is 11.6 Å². The van der Waals surface area contributed by atoms with Crippen molar-refractivity contribution in [3.63, 3.8) is 0 Å². The molecule has 0 spiro atoms. The van der Waals surface area contributed by atoms with Crippen LogP contribution in [-0.2, 0) is 0 Å². The second-order valence-corrected chi connectivity index (χ2v) is 7.29. The zero-order chi connectivity index (χ0) is 21.3. The molecule has 1 heterocycles. The fourth-order valence-corrected chi connectivity index (χ4v) is 3.15. The Kier molecular flexibility index (Phi) is 5.33. The molecule has 1 N–H and O–H groups in total. The molecule has 5 nitrogen and oxygen atoms in total. The van der Waals surface area contributed by atoms with E-state index in [9.17, 15) is 9.18 Å². The quantitative estimate of drug-likeness (QED) is 0.467. The first-order valence-corrected chi connectivity index (χ1v) is 9.66. The lowest BCUT2D eigenvalue weighted by Gasteiger charge is -2.08. The zero-order valence-electron chi connectivity index (χ0n) is 16.4. The Morgan fingerprint density at radius 2 is 1.70 bits per heavy atom. The summed E-state index contributed by atoms with van der Waals surface area (Å²) in [6.45, 7) is 3.92. The highest BCUT2D eigenvalue weighted by atomic mass is 35.5. The highest BCUT2D eigenvalue weighted by Gasteiger charge is 2.19. The molecule has 0 saturated carbocycles. The highest BCUT2D eigenvalue weighted by Crippen LogP contribution is 2.24. The van der Waals surface area contributed by atoms with Crippen LogP contribution in [0.25, 0.3) is 17.1 Å². The number of nitrogens with zero attached hydrogens (tertiary/aromatic N) is 3. The van der Waals surface area contributed by atoms with E-state index < -0.39 is 5.91 Å². The van der Waals surface area contributed by atoms with Crippen LogP contribution in [0.2, 0.25) is 5.02 Å². The molecule has 0 aliphatic rings. The SMILES string of the molecule is Cc1cccc(NC(=O)c2nc(-c3ccc(Cl)cc3)n(-c3ccc(F)cc3)n2)c1C. The van der Waals surface area contributed by atoms with Gasteiger partial charge in [-0.25, -0.2) is 14.1 Å². The summed E-state index contributed by atoms with van der Waals surface area (Å²) < 4.78 is 14.9. The smallest absolute Gasteiger partial charge is 0.295 e. The fraction of sp³-hybridized carbons (Fsp3) is 0.0870. The molecule has 0 atom stereocenters. The van der Waals surface area contributed by atoms with Gasteiger partial charge in [-0.1, -0.05) is 23.7 Å². The monoisotopic (exact) mass is 420 g/mol. The number of anilines is 1. The maximum absolute atomic E-state index is 13.4. The topological polar surface area (TPSA) is 59.8 Å². The van der Waals surface area contributed by atoms with Gasteiger partial charge in [-0.2, -0.15) is 0 Å². The molecular weight excluding hydrogens is 403 g/mol. The van der Waals surface area contributed by atoms with Crippen molar-refractivity contribution in [3.8, 4) is 17.1 Å². The van der Waals surface area contributed by atoms with Crippen LogP contribution in [0.5, 0.6) is 0 Å². The second kappa shape index (κ2) is 8.08. The van der Waals surface area contributed by atoms with Crippen LogP contribution in [0.1, 0.15) is 21.7 Å². The van der Waals surface area contributed by atoms with Gasteiger partial charge in [0.2, 0.25) is 5.82 Å². The number of halogens is 2. The average molecular weight is 421 g/mol. The van der Waals surface area contributed by atoms with Gasteiger partial charge < -0.3 is 5.32 Å². The standard InChI is InChI=1S/C23H18ClFN4O/c1-14-4-3-5-20(15(14)2)26-23(30)21-27-22(16-6-8-17(24)9-7-16)29(28-21)19-12-10-18(25)11-13-19/h3-13H,1-2H3,(H,26,30). The zero-order valence-corrected chi connectivity index (χ0v) is 17.1. The Balaban J connectivity index is 1.76. The van der Waals surface area contributed by atoms with Crippen LogP contribution in [-0.4, -0.2) is 20.7 Å². The van der Waals surface area contributed by atoms with Gasteiger partial charge in [0.1, 0.15) is 5.82 Å². The first kappa shape index (κ1) is 19.8. The summed E-state index contributed by atoms with van der Waals surface area (Å²) in [6.07, 6.45) is 0. The normalized spacial score (nSPS) is 10.8. The van der Waals surface area contributed by atoms with Gasteiger partial charge >= 0.3 is 0 Å². The van der Waals surface area contributed by atoms with E-state index in [0.717, 1.165) is 16.7 Å². The van der Waals surface area contributed by atoms with Crippen molar-refractivity contribution in [2.75, 3.05) is 5.32 Å². The van der Waals surface area contributed by atoms with E-state index in [4.69, 9.17) is 11.6 Å². The van der Waals surface area contributed by atoms with Gasteiger partial charge in [0.25, 0.3) is 5.91 Å². The van der Waals surface area contributed by atoms with Gasteiger partial charge in [0.05, 0.1) is 5.69 Å². The van der Waals surface area contributed by atoms with E-state index in [-0.39, 0.29) is 11.6 Å². The van der Waals surface area contributed by atoms with E-state index in [2.05, 4.69) is 15.4 Å². The predicted molar refractivity (Wildman–Crippen MR) is 116 cm³/mol. The molecule has 150 valence electrons. The number of carbonyl (C=O) groups is 1. The largest absolute Gasteiger partial charge is 0.319 e. The van der Waals surface area contributed by atoms with E-state index in [1.165, 1.54) is 16.8 Å². The van der Waals surface area contributed by atoms with Crippen LogP contribution in [0.15, 0.2) is 66.7 Å². The molecule has 3 aromatic carbocycles. The molecule has 0 unspecified atom stereocenters. The lowest BCUT2D eigenvalue weighted by Crippen LogP contribution is -2.15. The first-order chi connectivity index (χ1) is 14.4. The van der Waals surface area contributed by atoms with Gasteiger partial charge in [0.15, 0.2) is 5.82 Å². The van der Waals surface area contributed by atoms with E-state index >= 15 is 0 Å². The molecule has 30 heavy (non-hydrogen) atoms. The third-order valence-corrected chi connectivity index (χ3v) is 5.09. The number of hydrogen-bond acceptors (Lipinski definition) is 3. The molecule has 0 radical (unpaired) electrons. The van der Waals surface area contributed by atoms with Gasteiger partial charge in [-0.3, -0.25) is 4.79 Å². The van der Waals surface area contributed by atoms with E-state index in [1.807, 2.05) is 32.0 Å². The van der Waals surface area contributed by atoms with E-state index in [0.29, 0.717) is 22.2 Å². The van der Waals surface area contributed by atoms with Crippen LogP contribution < -0.4 is 5.32 Å². The summed E-state index contributed by atoms with van der Waals surface area (Å²) >= 11 is 6.00. The van der Waals surface area contributed by atoms with E-state index in [1.54, 1.807) is 36.4 Å². The molecule has 4 aromatic rings. The molecule has 1 amide bonds. The first-order valence-electron chi connectivity index (χ1n) is 9.29. The molecule has 0 fully saturated rings. The number of rotatable bonds is 4. The molecule has 0 aliphatic heterocycles. The Morgan fingerprint density at radius 1 is 1.00 bits per heavy atom. The van der Waals surface area contributed by atoms with Crippen LogP contribution in [0, 0.1) is 19.7 Å². The highest BCUT2D eigenvalue weighted by molar-refractivity contribution is 6.30. The van der Waals surface area contributed by atoms with Crippen LogP contribution in [0.4, 0.5) is 10.1 Å². The minimum Gasteiger partial charge on any atom is -0.319 e. The lowest BCUT2D eigenvalue weighted by molar-refractivity contribution is 0.101. The van der Waals surface area contributed by atoms with Crippen molar-refractivity contribution < 1.29 is 9.18 Å². The summed E-state index contributed by atoms with van der Waals surface area (Å²) in [5, 5.41) is 7.85. The summed E-state index contributed by atoms with van der Waals surface area (Å²) in [5.74, 6) is -0.339. The summed E-state index contributed by atoms with van der Waals surface area (Å²) in [4.78, 5) is 17.3. The maximum atomic E-state index is 13.4. The molecule has 4 rings (SSSR count). The summed E-state index contributed by atoms with van der Waals surface area (Å²) in [7, 11) is 0. The minimum absolute atomic E-state index is 0.00480. The minimum atomic E-state index is -0.431. The second-order valence-electron chi connectivity index (χ2n) is 6.86. The average Bonchev–Trinajstić information content (AvgIpc) is 3.18. The number of amides is 1. The van der Waals surface area contributed by atoms with Gasteiger partial charge in [0, 0.05) is 16.3 Å². The van der Waals surface area contributed by atoms with Crippen LogP contribution in [0.3, 0.4) is 0 Å². The molecule has 7 heteroatoms. The number of aromatic nitrogens is 3. The number of hydrogen-bond donors (Lipinski definition) is 1. The van der Waals surface area contributed by atoms with Crippen molar-refractivity contribution in [3.05, 3.63) is 94.5 Å². The maximum Gasteiger partial charge on any atom is 0.295 e. The Bertz CT molecular complexity index is 1150. The molecule has 0 saturated heterocycles. The third-order valence-electron chi connectivity index (χ3n) is 4.84. The van der Waals surface area contributed by atoms with Crippen molar-refractivity contribution in [1.82, 2.24) is 14.8 Å². The van der Waals surface area contributed by atoms with Gasteiger partial charge in [-0.15, -0.1) is 5.10 Å².